The molecule has 0 spiro atoms. The maximum atomic E-state index is 12.6. The SMILES string of the molecule is CC(=O)c1ccc(-c2ccc(F)cn2)cn1.c1ccc(P(c2ccccc2)c2ccccc2)cc1.c1ccc(P(c2ccccc2)c2ccccc2)cc1.c1ccc(P(c2ccccc2)c2ccccc2)cc1.c1ccc(P(c2ccccc2)c2ccccc2)cc1. The zero-order chi connectivity index (χ0) is 63.2. The molecule has 8 heteroatoms. The van der Waals surface area contributed by atoms with Crippen LogP contribution < -0.4 is 63.7 Å². The Morgan fingerprint density at radius 1 is 0.239 bits per heavy atom. The molecule has 0 saturated heterocycles. The van der Waals surface area contributed by atoms with E-state index in [1.165, 1.54) is 76.6 Å². The van der Waals surface area contributed by atoms with E-state index in [2.05, 4.69) is 374 Å². The number of nitrogens with zero attached hydrogens (tertiary/aromatic N) is 2. The van der Waals surface area contributed by atoms with Crippen LogP contribution in [0.2, 0.25) is 0 Å². The summed E-state index contributed by atoms with van der Waals surface area (Å²) >= 11 is 0. The van der Waals surface area contributed by atoms with Gasteiger partial charge >= 0.3 is 0 Å². The highest BCUT2D eigenvalue weighted by Gasteiger charge is 2.19. The lowest BCUT2D eigenvalue weighted by molar-refractivity contribution is 0.101. The summed E-state index contributed by atoms with van der Waals surface area (Å²) in [5.41, 5.74) is 1.79. The zero-order valence-corrected chi connectivity index (χ0v) is 54.7. The van der Waals surface area contributed by atoms with Crippen molar-refractivity contribution in [1.29, 1.82) is 0 Å². The van der Waals surface area contributed by atoms with E-state index in [0.29, 0.717) is 11.4 Å². The van der Waals surface area contributed by atoms with E-state index in [0.717, 1.165) is 11.8 Å². The number of hydrogen-bond acceptors (Lipinski definition) is 3. The van der Waals surface area contributed by atoms with Crippen LogP contribution in [0.25, 0.3) is 11.3 Å². The summed E-state index contributed by atoms with van der Waals surface area (Å²) in [7, 11) is -1.78. The number of aromatic nitrogens is 2. The maximum Gasteiger partial charge on any atom is 0.178 e. The molecule has 0 radical (unpaired) electrons. The predicted octanol–water partition coefficient (Wildman–Crippen LogP) is 16.3. The molecule has 0 aliphatic rings. The monoisotopic (exact) mass is 1260 g/mol. The average molecular weight is 1270 g/mol. The molecule has 0 fully saturated rings. The summed E-state index contributed by atoms with van der Waals surface area (Å²) in [6, 6.07) is 136. The van der Waals surface area contributed by atoms with Gasteiger partial charge < -0.3 is 0 Å². The lowest BCUT2D eigenvalue weighted by Crippen LogP contribution is -2.20. The first kappa shape index (κ1) is 65.2. The van der Waals surface area contributed by atoms with Crippen molar-refractivity contribution in [3.05, 3.63) is 412 Å². The van der Waals surface area contributed by atoms with Gasteiger partial charge in [-0.3, -0.25) is 14.8 Å². The Hall–Kier alpha value is -9.74. The van der Waals surface area contributed by atoms with Gasteiger partial charge in [0.05, 0.1) is 11.9 Å². The van der Waals surface area contributed by atoms with E-state index in [1.54, 1.807) is 24.4 Å². The van der Waals surface area contributed by atoms with Gasteiger partial charge in [-0.1, -0.05) is 364 Å². The van der Waals surface area contributed by atoms with Gasteiger partial charge in [0, 0.05) is 18.7 Å². The highest BCUT2D eigenvalue weighted by Crippen LogP contribution is 2.35. The smallest absolute Gasteiger partial charge is 0.178 e. The number of halogens is 1. The van der Waals surface area contributed by atoms with Gasteiger partial charge in [0.25, 0.3) is 0 Å². The summed E-state index contributed by atoms with van der Waals surface area (Å²) in [5.74, 6) is -0.462. The van der Waals surface area contributed by atoms with Crippen molar-refractivity contribution in [2.75, 3.05) is 0 Å². The molecule has 3 nitrogen and oxygen atoms in total. The van der Waals surface area contributed by atoms with E-state index in [4.69, 9.17) is 0 Å². The van der Waals surface area contributed by atoms with Crippen molar-refractivity contribution < 1.29 is 9.18 Å². The molecule has 14 aromatic rings. The fourth-order valence-electron chi connectivity index (χ4n) is 10.0. The minimum Gasteiger partial charge on any atom is -0.293 e. The van der Waals surface area contributed by atoms with Crippen LogP contribution in [0.1, 0.15) is 17.4 Å². The predicted molar refractivity (Wildman–Crippen MR) is 398 cm³/mol. The van der Waals surface area contributed by atoms with Crippen molar-refractivity contribution in [3.63, 3.8) is 0 Å². The Labute approximate surface area is 547 Å². The number of ketones is 1. The Morgan fingerprint density at radius 2 is 0.435 bits per heavy atom. The van der Waals surface area contributed by atoms with Crippen LogP contribution in [0, 0.1) is 5.82 Å². The van der Waals surface area contributed by atoms with Gasteiger partial charge in [-0.05, 0) is 120 Å². The molecule has 0 N–H and O–H groups in total. The second-order valence-corrected chi connectivity index (χ2v) is 29.6. The van der Waals surface area contributed by atoms with Gasteiger partial charge in [-0.2, -0.15) is 0 Å². The van der Waals surface area contributed by atoms with Crippen molar-refractivity contribution in [1.82, 2.24) is 9.97 Å². The molecule has 0 atom stereocenters. The number of carbonyl (C=O) groups is 1. The Balaban J connectivity index is 0.000000126. The summed E-state index contributed by atoms with van der Waals surface area (Å²) in [5, 5.41) is 16.8. The molecule has 14 rings (SSSR count). The van der Waals surface area contributed by atoms with Crippen molar-refractivity contribution in [2.24, 2.45) is 0 Å². The summed E-state index contributed by atoms with van der Waals surface area (Å²) in [6.07, 6.45) is 2.70. The minimum absolute atomic E-state index is 0.0846. The first-order valence-electron chi connectivity index (χ1n) is 30.4. The first-order valence-corrected chi connectivity index (χ1v) is 35.7. The van der Waals surface area contributed by atoms with Gasteiger partial charge in [0.15, 0.2) is 5.78 Å². The summed E-state index contributed by atoms with van der Waals surface area (Å²) < 4.78 is 12.6. The van der Waals surface area contributed by atoms with Crippen LogP contribution >= 0.6 is 31.7 Å². The molecular weight excluding hydrogens is 1200 g/mol. The van der Waals surface area contributed by atoms with E-state index in [9.17, 15) is 9.18 Å². The van der Waals surface area contributed by atoms with Crippen LogP contribution in [0.4, 0.5) is 4.39 Å². The van der Waals surface area contributed by atoms with Crippen molar-refractivity contribution >= 4 is 101 Å². The fourth-order valence-corrected chi connectivity index (χ4v) is 19.2. The van der Waals surface area contributed by atoms with Crippen LogP contribution in [0.3, 0.4) is 0 Å². The summed E-state index contributed by atoms with van der Waals surface area (Å²) in [4.78, 5) is 18.9. The largest absolute Gasteiger partial charge is 0.293 e. The second-order valence-electron chi connectivity index (χ2n) is 20.7. The summed E-state index contributed by atoms with van der Waals surface area (Å²) in [6.45, 7) is 1.46. The highest BCUT2D eigenvalue weighted by atomic mass is 31.1. The number of hydrogen-bond donors (Lipinski definition) is 0. The molecule has 92 heavy (non-hydrogen) atoms. The maximum absolute atomic E-state index is 12.6. The number of carbonyl (C=O) groups excluding carboxylic acids is 1. The molecule has 0 bridgehead atoms. The van der Waals surface area contributed by atoms with Crippen molar-refractivity contribution in [2.45, 2.75) is 6.92 Å². The molecule has 2 aromatic heterocycles. The third-order valence-corrected chi connectivity index (χ3v) is 24.1. The molecular formula is C84H69FN2OP4. The van der Waals surface area contributed by atoms with Crippen LogP contribution in [-0.2, 0) is 0 Å². The fraction of sp³-hybridized carbons (Fsp3) is 0.0119. The van der Waals surface area contributed by atoms with E-state index in [1.807, 2.05) is 0 Å². The van der Waals surface area contributed by atoms with E-state index < -0.39 is 31.7 Å². The first-order chi connectivity index (χ1) is 45.5. The molecule has 448 valence electrons. The quantitative estimate of drug-likeness (QED) is 0.0805. The van der Waals surface area contributed by atoms with Gasteiger partial charge in [0.2, 0.25) is 0 Å². The number of rotatable bonds is 14. The molecule has 12 aromatic carbocycles. The molecule has 0 aliphatic heterocycles. The van der Waals surface area contributed by atoms with Gasteiger partial charge in [0.1, 0.15) is 11.5 Å². The minimum atomic E-state index is -0.446. The van der Waals surface area contributed by atoms with Crippen LogP contribution in [-0.4, -0.2) is 15.8 Å². The standard InChI is InChI=1S/4C18H15P.C12H9FN2O/c4*1-4-10-16(11-5-1)19(17-12-6-2-7-13-17)18-14-8-3-9-15-18;1-8(16)11-4-2-9(6-14-11)12-5-3-10(13)7-15-12/h4*1-15H;2-7H,1H3. The molecule has 0 saturated carbocycles. The molecule has 2 heterocycles. The number of pyridine rings is 2. The van der Waals surface area contributed by atoms with Crippen LogP contribution in [0.15, 0.2) is 401 Å². The van der Waals surface area contributed by atoms with Gasteiger partial charge in [-0.15, -0.1) is 0 Å². The third kappa shape index (κ3) is 19.2. The third-order valence-electron chi connectivity index (χ3n) is 14.3. The lowest BCUT2D eigenvalue weighted by atomic mass is 10.1. The highest BCUT2D eigenvalue weighted by molar-refractivity contribution is 7.81. The molecule has 0 aliphatic carbocycles. The van der Waals surface area contributed by atoms with Gasteiger partial charge in [-0.25, -0.2) is 4.39 Å². The zero-order valence-electron chi connectivity index (χ0n) is 51.1. The molecule has 0 amide bonds. The Morgan fingerprint density at radius 3 is 0.576 bits per heavy atom. The normalized spacial score (nSPS) is 10.5. The number of Topliss-reactive ketones (excluding diaryl/α,β-unsaturated/α-hetero) is 1. The topological polar surface area (TPSA) is 42.9 Å². The molecule has 0 unspecified atom stereocenters. The van der Waals surface area contributed by atoms with Crippen LogP contribution in [0.5, 0.6) is 0 Å². The Kier molecular flexibility index (Phi) is 25.2. The average Bonchev–Trinajstić information content (AvgIpc) is 1.46. The Bertz CT molecular complexity index is 3470. The number of benzene rings is 12. The van der Waals surface area contributed by atoms with E-state index in [-0.39, 0.29) is 11.6 Å². The second kappa shape index (κ2) is 35.6. The van der Waals surface area contributed by atoms with Crippen molar-refractivity contribution in [3.8, 4) is 11.3 Å². The lowest BCUT2D eigenvalue weighted by Gasteiger charge is -2.18. The van der Waals surface area contributed by atoms with E-state index >= 15 is 0 Å².